The highest BCUT2D eigenvalue weighted by molar-refractivity contribution is 6.10. The first-order chi connectivity index (χ1) is 29.8. The van der Waals surface area contributed by atoms with Crippen molar-refractivity contribution in [1.29, 1.82) is 0 Å². The molecular formula is C54H38N2. The molecule has 0 N–H and O–H groups in total. The number of hydrogen-bond donors (Lipinski definition) is 0. The molecule has 0 aliphatic rings. The third-order valence-electron chi connectivity index (χ3n) is 10.5. The number of anilines is 3. The third kappa shape index (κ3) is 6.24. The number of benzene rings is 9. The first-order valence-corrected chi connectivity index (χ1v) is 18.8. The zero-order valence-corrected chi connectivity index (χ0v) is 30.4. The molecule has 1 aromatic heterocycles. The van der Waals surface area contributed by atoms with Crippen LogP contribution in [0, 0.1) is 0 Å². The van der Waals surface area contributed by atoms with Gasteiger partial charge < -0.3 is 9.47 Å². The zero-order valence-electron chi connectivity index (χ0n) is 35.4. The molecule has 0 radical (unpaired) electrons. The van der Waals surface area contributed by atoms with Crippen LogP contribution in [0.15, 0.2) is 230 Å². The zero-order chi connectivity index (χ0) is 41.6. The summed E-state index contributed by atoms with van der Waals surface area (Å²) in [6, 6.07) is 68.0. The van der Waals surface area contributed by atoms with Crippen LogP contribution in [-0.2, 0) is 0 Å². The number of aromatic nitrogens is 1. The van der Waals surface area contributed by atoms with Gasteiger partial charge in [0.25, 0.3) is 0 Å². The van der Waals surface area contributed by atoms with Gasteiger partial charge in [0.1, 0.15) is 0 Å². The molecule has 0 fully saturated rings. The Morgan fingerprint density at radius 3 is 1.38 bits per heavy atom. The van der Waals surface area contributed by atoms with E-state index >= 15 is 0 Å². The van der Waals surface area contributed by atoms with Crippen molar-refractivity contribution in [3.8, 4) is 50.2 Å². The molecule has 10 aromatic rings. The molecule has 2 heteroatoms. The summed E-state index contributed by atoms with van der Waals surface area (Å²) in [5, 5.41) is 2.43. The van der Waals surface area contributed by atoms with Gasteiger partial charge in [0, 0.05) is 33.5 Å². The maximum Gasteiger partial charge on any atom is 0.0629 e. The minimum Gasteiger partial charge on any atom is -0.311 e. The molecule has 56 heavy (non-hydrogen) atoms. The summed E-state index contributed by atoms with van der Waals surface area (Å²) in [7, 11) is 0. The fourth-order valence-electron chi connectivity index (χ4n) is 7.72. The van der Waals surface area contributed by atoms with Crippen molar-refractivity contribution >= 4 is 38.9 Å². The highest BCUT2D eigenvalue weighted by Gasteiger charge is 2.15. The SMILES string of the molecule is [2H]c1c([2H])c([2H])c(-c2ccc(N(c3ccccc3)c3ccc(-c4ccc(-c5ccc6c(c5)c5ccccc5n6-c5ccc(-c6ccccc6)cc5)cc4)cc3)cc2)c([2H])c1[2H]. The van der Waals surface area contributed by atoms with Gasteiger partial charge in [-0.15, -0.1) is 0 Å². The second kappa shape index (κ2) is 14.4. The van der Waals surface area contributed by atoms with Crippen LogP contribution in [0.3, 0.4) is 0 Å². The van der Waals surface area contributed by atoms with Gasteiger partial charge in [0.15, 0.2) is 0 Å². The minimum absolute atomic E-state index is 0.188. The molecule has 0 saturated carbocycles. The van der Waals surface area contributed by atoms with Gasteiger partial charge in [0.2, 0.25) is 0 Å². The summed E-state index contributed by atoms with van der Waals surface area (Å²) < 4.78 is 43.5. The average molecular weight is 720 g/mol. The lowest BCUT2D eigenvalue weighted by atomic mass is 9.98. The van der Waals surface area contributed by atoms with E-state index in [0.717, 1.165) is 45.0 Å². The second-order valence-corrected chi connectivity index (χ2v) is 13.8. The summed E-state index contributed by atoms with van der Waals surface area (Å²) in [5.41, 5.74) is 13.9. The van der Waals surface area contributed by atoms with Crippen LogP contribution >= 0.6 is 0 Å². The molecule has 0 aliphatic heterocycles. The van der Waals surface area contributed by atoms with Crippen molar-refractivity contribution in [1.82, 2.24) is 4.57 Å². The third-order valence-corrected chi connectivity index (χ3v) is 10.5. The topological polar surface area (TPSA) is 8.17 Å². The number of hydrogen-bond acceptors (Lipinski definition) is 1. The summed E-state index contributed by atoms with van der Waals surface area (Å²) in [4.78, 5) is 2.14. The van der Waals surface area contributed by atoms with Crippen LogP contribution in [-0.4, -0.2) is 4.57 Å². The van der Waals surface area contributed by atoms with Crippen molar-refractivity contribution in [2.75, 3.05) is 4.90 Å². The minimum atomic E-state index is -0.398. The molecule has 0 amide bonds. The molecule has 264 valence electrons. The lowest BCUT2D eigenvalue weighted by Gasteiger charge is -2.26. The van der Waals surface area contributed by atoms with E-state index in [9.17, 15) is 0 Å². The summed E-state index contributed by atoms with van der Waals surface area (Å²) in [6.07, 6.45) is 0. The van der Waals surface area contributed by atoms with Crippen LogP contribution in [0.5, 0.6) is 0 Å². The molecule has 0 aliphatic carbocycles. The van der Waals surface area contributed by atoms with Crippen LogP contribution in [0.2, 0.25) is 0 Å². The van der Waals surface area contributed by atoms with Crippen molar-refractivity contribution in [3.63, 3.8) is 0 Å². The predicted octanol–water partition coefficient (Wildman–Crippen LogP) is 14.9. The van der Waals surface area contributed by atoms with Crippen LogP contribution in [0.25, 0.3) is 72.0 Å². The van der Waals surface area contributed by atoms with E-state index in [1.54, 1.807) is 0 Å². The van der Waals surface area contributed by atoms with Gasteiger partial charge in [-0.3, -0.25) is 0 Å². The molecule has 0 unspecified atom stereocenters. The first kappa shape index (κ1) is 28.1. The molecule has 1 heterocycles. The highest BCUT2D eigenvalue weighted by Crippen LogP contribution is 2.38. The van der Waals surface area contributed by atoms with Gasteiger partial charge in [-0.25, -0.2) is 0 Å². The lowest BCUT2D eigenvalue weighted by Crippen LogP contribution is -2.09. The molecule has 10 rings (SSSR count). The van der Waals surface area contributed by atoms with Crippen molar-refractivity contribution in [3.05, 3.63) is 230 Å². The number of para-hydroxylation sites is 2. The number of rotatable bonds is 8. The Labute approximate surface area is 334 Å². The monoisotopic (exact) mass is 719 g/mol. The Morgan fingerprint density at radius 1 is 0.321 bits per heavy atom. The predicted molar refractivity (Wildman–Crippen MR) is 237 cm³/mol. The summed E-state index contributed by atoms with van der Waals surface area (Å²) in [6.45, 7) is 0. The van der Waals surface area contributed by atoms with E-state index in [4.69, 9.17) is 6.85 Å². The van der Waals surface area contributed by atoms with Crippen LogP contribution < -0.4 is 4.90 Å². The highest BCUT2D eigenvalue weighted by atomic mass is 15.1. The van der Waals surface area contributed by atoms with Gasteiger partial charge in [-0.1, -0.05) is 164 Å². The standard InChI is InChI=1S/C54H38N2/c1-4-12-39(13-5-1)42-24-31-48(32-25-42)55(47-16-8-3-9-17-47)49-33-26-44(27-34-49)41-20-22-45(23-21-41)46-30-37-54-52(38-46)51-18-10-11-19-53(51)56(54)50-35-28-43(29-36-50)40-14-6-2-7-15-40/h1-38H/i1D,4D,5D,12D,13D. The normalized spacial score (nSPS) is 12.5. The quantitative estimate of drug-likeness (QED) is 0.152. The number of nitrogens with zero attached hydrogens (tertiary/aromatic N) is 2. The van der Waals surface area contributed by atoms with Gasteiger partial charge >= 0.3 is 0 Å². The fraction of sp³-hybridized carbons (Fsp3) is 0. The molecular weight excluding hydrogens is 677 g/mol. The molecule has 0 bridgehead atoms. The van der Waals surface area contributed by atoms with Gasteiger partial charge in [0.05, 0.1) is 17.9 Å². The summed E-state index contributed by atoms with van der Waals surface area (Å²) in [5.74, 6) is 0. The molecule has 0 atom stereocenters. The Kier molecular flexibility index (Phi) is 7.24. The largest absolute Gasteiger partial charge is 0.311 e. The van der Waals surface area contributed by atoms with Crippen LogP contribution in [0.4, 0.5) is 17.1 Å². The lowest BCUT2D eigenvalue weighted by molar-refractivity contribution is 1.18. The molecule has 0 saturated heterocycles. The second-order valence-electron chi connectivity index (χ2n) is 13.8. The maximum atomic E-state index is 8.45. The fourth-order valence-corrected chi connectivity index (χ4v) is 7.72. The van der Waals surface area contributed by atoms with E-state index in [0.29, 0.717) is 5.56 Å². The first-order valence-electron chi connectivity index (χ1n) is 21.3. The van der Waals surface area contributed by atoms with E-state index in [1.165, 1.54) is 32.9 Å². The Morgan fingerprint density at radius 2 is 0.750 bits per heavy atom. The Hall–Kier alpha value is -7.42. The molecule has 9 aromatic carbocycles. The summed E-state index contributed by atoms with van der Waals surface area (Å²) >= 11 is 0. The van der Waals surface area contributed by atoms with Crippen LogP contribution in [0.1, 0.15) is 6.85 Å². The van der Waals surface area contributed by atoms with Gasteiger partial charge in [-0.2, -0.15) is 0 Å². The van der Waals surface area contributed by atoms with Crippen molar-refractivity contribution in [2.24, 2.45) is 0 Å². The van der Waals surface area contributed by atoms with Crippen molar-refractivity contribution in [2.45, 2.75) is 0 Å². The van der Waals surface area contributed by atoms with E-state index in [-0.39, 0.29) is 29.7 Å². The Bertz CT molecular complexity index is 3170. The maximum absolute atomic E-state index is 8.45. The van der Waals surface area contributed by atoms with E-state index < -0.39 is 6.04 Å². The molecule has 2 nitrogen and oxygen atoms in total. The number of fused-ring (bicyclic) bond motifs is 3. The smallest absolute Gasteiger partial charge is 0.0629 e. The Balaban J connectivity index is 0.933. The van der Waals surface area contributed by atoms with Gasteiger partial charge in [-0.05, 0) is 111 Å². The average Bonchev–Trinajstić information content (AvgIpc) is 3.65. The van der Waals surface area contributed by atoms with Crippen molar-refractivity contribution < 1.29 is 6.85 Å². The van der Waals surface area contributed by atoms with E-state index in [1.807, 2.05) is 48.5 Å². The molecule has 0 spiro atoms. The van der Waals surface area contributed by atoms with E-state index in [2.05, 4.69) is 161 Å².